The van der Waals surface area contributed by atoms with Gasteiger partial charge in [0, 0.05) is 6.07 Å². The van der Waals surface area contributed by atoms with Crippen LogP contribution < -0.4 is 4.74 Å². The fourth-order valence-corrected chi connectivity index (χ4v) is 1.59. The van der Waals surface area contributed by atoms with E-state index in [1.165, 1.54) is 6.07 Å². The Kier molecular flexibility index (Phi) is 7.06. The number of carbonyl (C=O) groups is 1. The van der Waals surface area contributed by atoms with E-state index in [0.717, 1.165) is 12.1 Å². The number of hydrogen-bond acceptors (Lipinski definition) is 8. The number of rotatable bonds is 8. The number of phenolic OH excluding ortho intramolecular Hbond substituents is 2. The lowest BCUT2D eigenvalue weighted by atomic mass is 10.1. The maximum absolute atomic E-state index is 11.5. The summed E-state index contributed by atoms with van der Waals surface area (Å²) in [4.78, 5) is 11.5. The van der Waals surface area contributed by atoms with Gasteiger partial charge in [-0.05, 0) is 18.6 Å². The van der Waals surface area contributed by atoms with Crippen molar-refractivity contribution in [2.75, 3.05) is 13.2 Å². The smallest absolute Gasteiger partial charge is 0.337 e. The third-order valence-corrected chi connectivity index (χ3v) is 2.89. The zero-order chi connectivity index (χ0) is 16.7. The van der Waals surface area contributed by atoms with Crippen molar-refractivity contribution in [2.45, 2.75) is 31.7 Å². The Balaban J connectivity index is 2.35. The van der Waals surface area contributed by atoms with Crippen LogP contribution in [0.4, 0.5) is 0 Å². The van der Waals surface area contributed by atoms with Crippen molar-refractivity contribution in [1.82, 2.24) is 0 Å². The van der Waals surface area contributed by atoms with Crippen molar-refractivity contribution < 1.29 is 39.8 Å². The molecule has 8 heteroatoms. The van der Waals surface area contributed by atoms with E-state index in [0.29, 0.717) is 0 Å². The molecule has 0 amide bonds. The largest absolute Gasteiger partial charge is 0.504 e. The van der Waals surface area contributed by atoms with Crippen LogP contribution >= 0.6 is 0 Å². The van der Waals surface area contributed by atoms with Crippen LogP contribution in [0.5, 0.6) is 17.2 Å². The number of aliphatic hydroxyl groups is 3. The fraction of sp³-hybridized carbons (Fsp3) is 0.500. The van der Waals surface area contributed by atoms with Gasteiger partial charge in [0.1, 0.15) is 24.6 Å². The minimum Gasteiger partial charge on any atom is -0.504 e. The summed E-state index contributed by atoms with van der Waals surface area (Å²) in [6, 6.07) is 3.50. The molecule has 5 N–H and O–H groups in total. The van der Waals surface area contributed by atoms with Crippen LogP contribution in [0.2, 0.25) is 0 Å². The average Bonchev–Trinajstić information content (AvgIpc) is 2.49. The number of hydrogen-bond donors (Lipinski definition) is 5. The van der Waals surface area contributed by atoms with Crippen molar-refractivity contribution >= 4 is 5.97 Å². The Hall–Kier alpha value is -1.87. The molecule has 8 nitrogen and oxygen atoms in total. The quantitative estimate of drug-likeness (QED) is 0.246. The SMILES string of the molecule is CCC(O)C(O)C(O)COCC(=O)Oc1ccc(O)c(O)c1. The summed E-state index contributed by atoms with van der Waals surface area (Å²) >= 11 is 0. The zero-order valence-corrected chi connectivity index (χ0v) is 12.0. The molecule has 1 aromatic carbocycles. The Morgan fingerprint density at radius 1 is 1.14 bits per heavy atom. The lowest BCUT2D eigenvalue weighted by Crippen LogP contribution is -2.40. The van der Waals surface area contributed by atoms with E-state index in [-0.39, 0.29) is 24.5 Å². The third-order valence-electron chi connectivity index (χ3n) is 2.89. The highest BCUT2D eigenvalue weighted by molar-refractivity contribution is 5.73. The van der Waals surface area contributed by atoms with Crippen molar-refractivity contribution in [2.24, 2.45) is 0 Å². The highest BCUT2D eigenvalue weighted by Crippen LogP contribution is 2.28. The first-order valence-electron chi connectivity index (χ1n) is 6.69. The van der Waals surface area contributed by atoms with Gasteiger partial charge in [0.05, 0.1) is 12.7 Å². The maximum Gasteiger partial charge on any atom is 0.337 e. The van der Waals surface area contributed by atoms with Crippen LogP contribution in [-0.2, 0) is 9.53 Å². The van der Waals surface area contributed by atoms with Gasteiger partial charge in [0.2, 0.25) is 0 Å². The minimum atomic E-state index is -1.37. The Labute approximate surface area is 127 Å². The van der Waals surface area contributed by atoms with Gasteiger partial charge in [-0.2, -0.15) is 0 Å². The summed E-state index contributed by atoms with van der Waals surface area (Å²) < 4.78 is 9.72. The Morgan fingerprint density at radius 3 is 2.41 bits per heavy atom. The molecule has 0 spiro atoms. The van der Waals surface area contributed by atoms with Crippen LogP contribution in [0.1, 0.15) is 13.3 Å². The van der Waals surface area contributed by atoms with Crippen molar-refractivity contribution in [3.05, 3.63) is 18.2 Å². The summed E-state index contributed by atoms with van der Waals surface area (Å²) in [7, 11) is 0. The van der Waals surface area contributed by atoms with Gasteiger partial charge in [-0.1, -0.05) is 6.92 Å². The number of aliphatic hydroxyl groups excluding tert-OH is 3. The molecule has 3 atom stereocenters. The first kappa shape index (κ1) is 18.2. The van der Waals surface area contributed by atoms with Crippen LogP contribution in [-0.4, -0.2) is 63.0 Å². The number of ether oxygens (including phenoxy) is 2. The molecule has 22 heavy (non-hydrogen) atoms. The number of esters is 1. The minimum absolute atomic E-state index is 0.0193. The second kappa shape index (κ2) is 8.54. The number of aromatic hydroxyl groups is 2. The molecule has 3 unspecified atom stereocenters. The predicted octanol–water partition coefficient (Wildman–Crippen LogP) is -0.487. The third kappa shape index (κ3) is 5.49. The highest BCUT2D eigenvalue weighted by atomic mass is 16.6. The van der Waals surface area contributed by atoms with Gasteiger partial charge < -0.3 is 35.0 Å². The lowest BCUT2D eigenvalue weighted by Gasteiger charge is -2.21. The second-order valence-electron chi connectivity index (χ2n) is 4.67. The Morgan fingerprint density at radius 2 is 1.82 bits per heavy atom. The highest BCUT2D eigenvalue weighted by Gasteiger charge is 2.23. The van der Waals surface area contributed by atoms with Crippen LogP contribution in [0.25, 0.3) is 0 Å². The van der Waals surface area contributed by atoms with E-state index in [1.807, 2.05) is 0 Å². The molecular formula is C14H20O8. The van der Waals surface area contributed by atoms with Crippen molar-refractivity contribution in [1.29, 1.82) is 0 Å². The summed E-state index contributed by atoms with van der Waals surface area (Å²) in [5, 5.41) is 46.7. The lowest BCUT2D eigenvalue weighted by molar-refractivity contribution is -0.142. The molecule has 0 aliphatic rings. The summed E-state index contributed by atoms with van der Waals surface area (Å²) in [6.45, 7) is 0.799. The molecule has 0 fully saturated rings. The van der Waals surface area contributed by atoms with E-state index in [4.69, 9.17) is 14.6 Å². The fourth-order valence-electron chi connectivity index (χ4n) is 1.59. The van der Waals surface area contributed by atoms with E-state index in [2.05, 4.69) is 0 Å². The van der Waals surface area contributed by atoms with Crippen molar-refractivity contribution in [3.8, 4) is 17.2 Å². The van der Waals surface area contributed by atoms with Crippen LogP contribution in [0, 0.1) is 0 Å². The normalized spacial score (nSPS) is 15.1. The molecule has 0 aromatic heterocycles. The average molecular weight is 316 g/mol. The maximum atomic E-state index is 11.5. The molecule has 0 bridgehead atoms. The van der Waals surface area contributed by atoms with E-state index < -0.39 is 36.6 Å². The molecular weight excluding hydrogens is 296 g/mol. The molecule has 0 saturated heterocycles. The number of carbonyl (C=O) groups excluding carboxylic acids is 1. The molecule has 1 aromatic rings. The topological polar surface area (TPSA) is 137 Å². The van der Waals surface area contributed by atoms with Crippen LogP contribution in [0.3, 0.4) is 0 Å². The molecule has 0 aliphatic carbocycles. The standard InChI is InChI=1S/C14H20O8/c1-2-9(15)14(20)12(18)6-21-7-13(19)22-8-3-4-10(16)11(17)5-8/h3-5,9,12,14-18,20H,2,6-7H2,1H3. The molecule has 1 rings (SSSR count). The molecule has 0 radical (unpaired) electrons. The second-order valence-corrected chi connectivity index (χ2v) is 4.67. The van der Waals surface area contributed by atoms with E-state index in [9.17, 15) is 25.2 Å². The Bertz CT molecular complexity index is 490. The summed E-state index contributed by atoms with van der Waals surface area (Å²) in [5.41, 5.74) is 0. The monoisotopic (exact) mass is 316 g/mol. The van der Waals surface area contributed by atoms with E-state index >= 15 is 0 Å². The van der Waals surface area contributed by atoms with Crippen LogP contribution in [0.15, 0.2) is 18.2 Å². The summed E-state index contributed by atoms with van der Waals surface area (Å²) in [6.07, 6.45) is -3.51. The van der Waals surface area contributed by atoms with Gasteiger partial charge in [0.25, 0.3) is 0 Å². The van der Waals surface area contributed by atoms with Gasteiger partial charge >= 0.3 is 5.97 Å². The predicted molar refractivity (Wildman–Crippen MR) is 74.5 cm³/mol. The molecule has 0 aliphatic heterocycles. The van der Waals surface area contributed by atoms with Gasteiger partial charge in [-0.3, -0.25) is 0 Å². The van der Waals surface area contributed by atoms with Gasteiger partial charge in [0.15, 0.2) is 11.5 Å². The molecule has 0 heterocycles. The number of phenols is 2. The number of benzene rings is 1. The first-order valence-corrected chi connectivity index (χ1v) is 6.69. The van der Waals surface area contributed by atoms with Crippen molar-refractivity contribution in [3.63, 3.8) is 0 Å². The zero-order valence-electron chi connectivity index (χ0n) is 12.0. The van der Waals surface area contributed by atoms with E-state index in [1.54, 1.807) is 6.92 Å². The summed E-state index contributed by atoms with van der Waals surface area (Å²) in [5.74, 6) is -1.55. The van der Waals surface area contributed by atoms with Gasteiger partial charge in [-0.15, -0.1) is 0 Å². The molecule has 124 valence electrons. The van der Waals surface area contributed by atoms with Gasteiger partial charge in [-0.25, -0.2) is 4.79 Å². The first-order chi connectivity index (χ1) is 10.3. The molecule has 0 saturated carbocycles.